The zero-order valence-electron chi connectivity index (χ0n) is 15.4. The van der Waals surface area contributed by atoms with E-state index in [1.165, 1.54) is 24.4 Å². The smallest absolute Gasteiger partial charge is 0.231 e. The Labute approximate surface area is 173 Å². The number of oxazole rings is 1. The number of rotatable bonds is 7. The molecule has 0 saturated heterocycles. The van der Waals surface area contributed by atoms with Crippen molar-refractivity contribution < 1.29 is 18.7 Å². The largest absolute Gasteiger partial charge is 0.454 e. The van der Waals surface area contributed by atoms with E-state index in [4.69, 9.17) is 19.6 Å². The van der Waals surface area contributed by atoms with Gasteiger partial charge in [0.25, 0.3) is 0 Å². The second-order valence-electron chi connectivity index (χ2n) is 6.19. The minimum Gasteiger partial charge on any atom is -0.454 e. The fraction of sp³-hybridized carbons (Fsp3) is 0.167. The third-order valence-electron chi connectivity index (χ3n) is 4.43. The molecule has 0 unspecified atom stereocenters. The van der Waals surface area contributed by atoms with Gasteiger partial charge in [0, 0.05) is 18.0 Å². The van der Waals surface area contributed by atoms with Crippen molar-refractivity contribution in [2.45, 2.75) is 16.6 Å². The lowest BCUT2D eigenvalue weighted by atomic mass is 10.2. The van der Waals surface area contributed by atoms with Crippen molar-refractivity contribution in [3.05, 3.63) is 30.9 Å². The number of anilines is 1. The van der Waals surface area contributed by atoms with Crippen molar-refractivity contribution >= 4 is 35.2 Å². The second-order valence-corrected chi connectivity index (χ2v) is 7.20. The topological polar surface area (TPSA) is 143 Å². The van der Waals surface area contributed by atoms with Crippen LogP contribution in [-0.4, -0.2) is 44.3 Å². The SMILES string of the molecule is Nc1ncnc2c1nc(Sc1cc3c(cc1-c1ncco1)OCO3)n2CCNC=O. The third kappa shape index (κ3) is 3.16. The number of ether oxygens (including phenoxy) is 2. The second kappa shape index (κ2) is 7.55. The van der Waals surface area contributed by atoms with E-state index < -0.39 is 0 Å². The van der Waals surface area contributed by atoms with Crippen molar-refractivity contribution in [2.24, 2.45) is 0 Å². The Morgan fingerprint density at radius 3 is 2.90 bits per heavy atom. The van der Waals surface area contributed by atoms with Gasteiger partial charge in [-0.15, -0.1) is 0 Å². The summed E-state index contributed by atoms with van der Waals surface area (Å²) in [4.78, 5) is 28.7. The quantitative estimate of drug-likeness (QED) is 0.331. The lowest BCUT2D eigenvalue weighted by Gasteiger charge is -2.10. The van der Waals surface area contributed by atoms with Crippen LogP contribution in [0.2, 0.25) is 0 Å². The number of nitrogens with one attached hydrogen (secondary N) is 1. The number of nitrogens with two attached hydrogens (primary N) is 1. The van der Waals surface area contributed by atoms with Gasteiger partial charge in [-0.05, 0) is 12.1 Å². The van der Waals surface area contributed by atoms with E-state index in [0.29, 0.717) is 53.2 Å². The molecule has 4 aromatic rings. The zero-order valence-corrected chi connectivity index (χ0v) is 16.3. The molecule has 4 heterocycles. The molecular formula is C18H15N7O4S. The molecule has 0 fully saturated rings. The number of imidazole rings is 1. The van der Waals surface area contributed by atoms with Gasteiger partial charge >= 0.3 is 0 Å². The van der Waals surface area contributed by atoms with Crippen LogP contribution in [0.5, 0.6) is 11.5 Å². The Morgan fingerprint density at radius 1 is 1.23 bits per heavy atom. The molecule has 0 aliphatic carbocycles. The first-order valence-corrected chi connectivity index (χ1v) is 9.71. The lowest BCUT2D eigenvalue weighted by Crippen LogP contribution is -2.18. The molecule has 0 saturated carbocycles. The number of nitrogen functional groups attached to an aromatic ring is 1. The summed E-state index contributed by atoms with van der Waals surface area (Å²) in [7, 11) is 0. The summed E-state index contributed by atoms with van der Waals surface area (Å²) < 4.78 is 18.4. The van der Waals surface area contributed by atoms with Crippen molar-refractivity contribution in [3.8, 4) is 23.0 Å². The van der Waals surface area contributed by atoms with Crippen LogP contribution >= 0.6 is 11.8 Å². The van der Waals surface area contributed by atoms with Gasteiger partial charge in [-0.25, -0.2) is 19.9 Å². The average Bonchev–Trinajstić information content (AvgIpc) is 3.48. The minimum absolute atomic E-state index is 0.149. The molecule has 152 valence electrons. The predicted molar refractivity (Wildman–Crippen MR) is 106 cm³/mol. The third-order valence-corrected chi connectivity index (χ3v) is 5.48. The summed E-state index contributed by atoms with van der Waals surface area (Å²) >= 11 is 1.37. The molecular weight excluding hydrogens is 410 g/mol. The Balaban J connectivity index is 1.61. The first-order chi connectivity index (χ1) is 14.7. The molecule has 30 heavy (non-hydrogen) atoms. The number of amides is 1. The molecule has 1 amide bonds. The maximum Gasteiger partial charge on any atom is 0.231 e. The van der Waals surface area contributed by atoms with E-state index in [9.17, 15) is 4.79 Å². The molecule has 5 rings (SSSR count). The average molecular weight is 425 g/mol. The lowest BCUT2D eigenvalue weighted by molar-refractivity contribution is -0.109. The van der Waals surface area contributed by atoms with E-state index in [1.54, 1.807) is 6.20 Å². The molecule has 1 aliphatic rings. The number of nitrogens with zero attached hydrogens (tertiary/aromatic N) is 5. The number of carbonyl (C=O) groups excluding carboxylic acids is 1. The number of hydrogen-bond donors (Lipinski definition) is 2. The Hall–Kier alpha value is -3.80. The zero-order chi connectivity index (χ0) is 20.5. The summed E-state index contributed by atoms with van der Waals surface area (Å²) in [5, 5.41) is 3.27. The Bertz CT molecular complexity index is 1230. The highest BCUT2D eigenvalue weighted by atomic mass is 32.2. The number of aromatic nitrogens is 5. The van der Waals surface area contributed by atoms with Crippen LogP contribution in [0.3, 0.4) is 0 Å². The molecule has 1 aliphatic heterocycles. The number of fused-ring (bicyclic) bond motifs is 2. The number of benzene rings is 1. The maximum atomic E-state index is 10.7. The highest BCUT2D eigenvalue weighted by Gasteiger charge is 2.23. The van der Waals surface area contributed by atoms with Gasteiger partial charge in [0.1, 0.15) is 12.6 Å². The summed E-state index contributed by atoms with van der Waals surface area (Å²) in [5.74, 6) is 1.96. The van der Waals surface area contributed by atoms with Gasteiger partial charge in [-0.3, -0.25) is 4.79 Å². The van der Waals surface area contributed by atoms with E-state index in [-0.39, 0.29) is 12.6 Å². The van der Waals surface area contributed by atoms with E-state index >= 15 is 0 Å². The maximum absolute atomic E-state index is 10.7. The van der Waals surface area contributed by atoms with E-state index in [1.807, 2.05) is 16.7 Å². The molecule has 0 bridgehead atoms. The Kier molecular flexibility index (Phi) is 4.59. The van der Waals surface area contributed by atoms with E-state index in [0.717, 1.165) is 10.5 Å². The van der Waals surface area contributed by atoms with Gasteiger partial charge < -0.3 is 29.5 Å². The number of hydrogen-bond acceptors (Lipinski definition) is 10. The van der Waals surface area contributed by atoms with Crippen LogP contribution in [0.15, 0.2) is 45.4 Å². The molecule has 1 aromatic carbocycles. The standard InChI is InChI=1S/C18H15N7O4S/c19-15-14-16(23-7-22-15)25(3-1-20-8-26)18(24-14)30-13-6-12-11(28-9-29-12)5-10(13)17-21-2-4-27-17/h2,4-8H,1,3,9H2,(H,20,26)(H2,19,22,23). The van der Waals surface area contributed by atoms with Crippen LogP contribution in [0.25, 0.3) is 22.6 Å². The fourth-order valence-electron chi connectivity index (χ4n) is 3.08. The highest BCUT2D eigenvalue weighted by Crippen LogP contribution is 2.44. The van der Waals surface area contributed by atoms with Crippen LogP contribution in [0, 0.1) is 0 Å². The van der Waals surface area contributed by atoms with Crippen molar-refractivity contribution in [2.75, 3.05) is 19.1 Å². The normalized spacial score (nSPS) is 12.4. The summed E-state index contributed by atoms with van der Waals surface area (Å²) in [6.07, 6.45) is 5.11. The monoisotopic (exact) mass is 425 g/mol. The van der Waals surface area contributed by atoms with Crippen LogP contribution in [-0.2, 0) is 11.3 Å². The first-order valence-electron chi connectivity index (χ1n) is 8.89. The summed E-state index contributed by atoms with van der Waals surface area (Å²) in [5.41, 5.74) is 7.80. The molecule has 3 aromatic heterocycles. The Morgan fingerprint density at radius 2 is 2.10 bits per heavy atom. The summed E-state index contributed by atoms with van der Waals surface area (Å²) in [6.45, 7) is 1.00. The molecule has 12 heteroatoms. The molecule has 0 atom stereocenters. The molecule has 11 nitrogen and oxygen atoms in total. The fourth-order valence-corrected chi connectivity index (χ4v) is 4.12. The molecule has 0 spiro atoms. The highest BCUT2D eigenvalue weighted by molar-refractivity contribution is 7.99. The van der Waals surface area contributed by atoms with Gasteiger partial charge in [0.2, 0.25) is 19.1 Å². The first kappa shape index (κ1) is 18.2. The summed E-state index contributed by atoms with van der Waals surface area (Å²) in [6, 6.07) is 3.68. The molecule has 0 radical (unpaired) electrons. The van der Waals surface area contributed by atoms with Gasteiger partial charge in [0.15, 0.2) is 33.6 Å². The van der Waals surface area contributed by atoms with Gasteiger partial charge in [-0.2, -0.15) is 0 Å². The van der Waals surface area contributed by atoms with Crippen molar-refractivity contribution in [1.29, 1.82) is 0 Å². The predicted octanol–water partition coefficient (Wildman–Crippen LogP) is 1.69. The minimum atomic E-state index is 0.149. The van der Waals surface area contributed by atoms with Crippen molar-refractivity contribution in [3.63, 3.8) is 0 Å². The number of carbonyl (C=O) groups is 1. The van der Waals surface area contributed by atoms with Crippen LogP contribution in [0.1, 0.15) is 0 Å². The van der Waals surface area contributed by atoms with Crippen LogP contribution < -0.4 is 20.5 Å². The van der Waals surface area contributed by atoms with Crippen LogP contribution in [0.4, 0.5) is 5.82 Å². The van der Waals surface area contributed by atoms with Gasteiger partial charge in [0.05, 0.1) is 11.8 Å². The molecule has 3 N–H and O–H groups in total. The van der Waals surface area contributed by atoms with E-state index in [2.05, 4.69) is 25.3 Å². The van der Waals surface area contributed by atoms with Crippen molar-refractivity contribution in [1.82, 2.24) is 29.8 Å². The van der Waals surface area contributed by atoms with Gasteiger partial charge in [-0.1, -0.05) is 11.8 Å².